The van der Waals surface area contributed by atoms with E-state index < -0.39 is 23.6 Å². The number of nitrogens with zero attached hydrogens (tertiary/aromatic N) is 5. The van der Waals surface area contributed by atoms with E-state index in [4.69, 9.17) is 16.3 Å². The van der Waals surface area contributed by atoms with Crippen LogP contribution in [0.3, 0.4) is 0 Å². The Kier molecular flexibility index (Phi) is 8.61. The Bertz CT molecular complexity index is 1330. The summed E-state index contributed by atoms with van der Waals surface area (Å²) in [7, 11) is 0. The van der Waals surface area contributed by atoms with Crippen molar-refractivity contribution in [2.45, 2.75) is 45.4 Å². The summed E-state index contributed by atoms with van der Waals surface area (Å²) in [6.45, 7) is 6.10. The average molecular weight is 555 g/mol. The van der Waals surface area contributed by atoms with Gasteiger partial charge < -0.3 is 31.4 Å². The molecule has 0 aliphatic carbocycles. The number of hydrogen-bond donors (Lipinski definition) is 3. The van der Waals surface area contributed by atoms with E-state index >= 15 is 8.78 Å². The molecule has 1 saturated heterocycles. The van der Waals surface area contributed by atoms with Crippen LogP contribution in [0.1, 0.15) is 48.7 Å². The van der Waals surface area contributed by atoms with Gasteiger partial charge in [-0.2, -0.15) is 5.10 Å². The highest BCUT2D eigenvalue weighted by Gasteiger charge is 2.34. The minimum Gasteiger partial charge on any atom is -0.390 e. The number of nitrogens with one attached hydrogen (secondary N) is 1. The molecule has 5 N–H and O–H groups in total. The maximum absolute atomic E-state index is 15.4. The maximum Gasteiger partial charge on any atom is 0.248 e. The number of rotatable bonds is 7. The molecule has 0 spiro atoms. The highest BCUT2D eigenvalue weighted by Crippen LogP contribution is 2.32. The molecule has 3 unspecified atom stereocenters. The molecule has 2 heterocycles. The summed E-state index contributed by atoms with van der Waals surface area (Å²) in [5.74, 6) is -1.95. The normalized spacial score (nSPS) is 21.4. The third kappa shape index (κ3) is 6.53. The second-order valence-electron chi connectivity index (χ2n) is 9.89. The standard InChI is InChI=1S/C27H32F2N8O3/c1-15-13-36(27(31)34-33-11-18-4-6-19(7-5-18)26(30)39)14-16(2)37(15)25-22(28)8-20(9-23(25)29)24-10-21(40-35-24)12-32-17(3)38/h4-9,11,15-16,21H,10,12-14H2,1-3H3,(H2,30,39)(H2,31,34)(H,32,38)/b33-11-. The van der Waals surface area contributed by atoms with Crippen LogP contribution in [0, 0.1) is 11.6 Å². The topological polar surface area (TPSA) is 151 Å². The van der Waals surface area contributed by atoms with E-state index in [2.05, 4.69) is 20.7 Å². The molecule has 0 aromatic heterocycles. The van der Waals surface area contributed by atoms with Gasteiger partial charge in [0, 0.05) is 49.6 Å². The molecule has 0 bridgehead atoms. The van der Waals surface area contributed by atoms with Crippen molar-refractivity contribution in [1.29, 1.82) is 0 Å². The zero-order valence-electron chi connectivity index (χ0n) is 22.5. The molecule has 1 fully saturated rings. The number of oxime groups is 1. The summed E-state index contributed by atoms with van der Waals surface area (Å²) in [6.07, 6.45) is 1.43. The van der Waals surface area contributed by atoms with Crippen molar-refractivity contribution in [3.05, 3.63) is 64.7 Å². The van der Waals surface area contributed by atoms with E-state index in [-0.39, 0.29) is 36.2 Å². The lowest BCUT2D eigenvalue weighted by Gasteiger charge is -2.46. The predicted molar refractivity (Wildman–Crippen MR) is 148 cm³/mol. The van der Waals surface area contributed by atoms with Crippen LogP contribution in [0.5, 0.6) is 0 Å². The first-order chi connectivity index (χ1) is 19.0. The summed E-state index contributed by atoms with van der Waals surface area (Å²) in [4.78, 5) is 31.1. The number of halogens is 2. The molecule has 4 rings (SSSR count). The fourth-order valence-electron chi connectivity index (χ4n) is 4.85. The smallest absolute Gasteiger partial charge is 0.248 e. The largest absolute Gasteiger partial charge is 0.390 e. The molecule has 2 aromatic rings. The van der Waals surface area contributed by atoms with Gasteiger partial charge in [0.1, 0.15) is 23.4 Å². The first-order valence-corrected chi connectivity index (χ1v) is 12.8. The van der Waals surface area contributed by atoms with E-state index in [0.29, 0.717) is 41.9 Å². The van der Waals surface area contributed by atoms with Crippen LogP contribution in [-0.2, 0) is 9.63 Å². The number of carbonyl (C=O) groups is 2. The quantitative estimate of drug-likeness (QED) is 0.270. The molecular weight excluding hydrogens is 522 g/mol. The predicted octanol–water partition coefficient (Wildman–Crippen LogP) is 1.94. The molecule has 13 heteroatoms. The second kappa shape index (κ2) is 12.1. The van der Waals surface area contributed by atoms with Crippen molar-refractivity contribution in [1.82, 2.24) is 10.2 Å². The van der Waals surface area contributed by atoms with Gasteiger partial charge in [-0.15, -0.1) is 5.10 Å². The van der Waals surface area contributed by atoms with E-state index in [9.17, 15) is 9.59 Å². The Balaban J connectivity index is 1.42. The van der Waals surface area contributed by atoms with Crippen molar-refractivity contribution in [2.75, 3.05) is 24.5 Å². The Morgan fingerprint density at radius 2 is 1.75 bits per heavy atom. The molecule has 40 heavy (non-hydrogen) atoms. The van der Waals surface area contributed by atoms with Gasteiger partial charge in [0.25, 0.3) is 0 Å². The van der Waals surface area contributed by atoms with Gasteiger partial charge in [-0.05, 0) is 43.7 Å². The van der Waals surface area contributed by atoms with Crippen LogP contribution in [-0.4, -0.2) is 72.4 Å². The van der Waals surface area contributed by atoms with Crippen LogP contribution in [0.15, 0.2) is 51.8 Å². The Labute approximate surface area is 230 Å². The summed E-state index contributed by atoms with van der Waals surface area (Å²) >= 11 is 0. The minimum absolute atomic E-state index is 0.120. The summed E-state index contributed by atoms with van der Waals surface area (Å²) in [6, 6.07) is 8.46. The second-order valence-corrected chi connectivity index (χ2v) is 9.89. The lowest BCUT2D eigenvalue weighted by molar-refractivity contribution is -0.119. The Hall–Kier alpha value is -4.55. The number of guanidine groups is 1. The first-order valence-electron chi connectivity index (χ1n) is 12.8. The number of hydrogen-bond acceptors (Lipinski definition) is 7. The summed E-state index contributed by atoms with van der Waals surface area (Å²) < 4.78 is 30.7. The fraction of sp³-hybridized carbons (Fsp3) is 0.370. The molecule has 2 amide bonds. The lowest BCUT2D eigenvalue weighted by Crippen LogP contribution is -2.60. The number of amides is 2. The highest BCUT2D eigenvalue weighted by molar-refractivity contribution is 6.01. The number of carbonyl (C=O) groups excluding carboxylic acids is 2. The van der Waals surface area contributed by atoms with Crippen molar-refractivity contribution in [2.24, 2.45) is 26.8 Å². The summed E-state index contributed by atoms with van der Waals surface area (Å²) in [5, 5.41) is 14.7. The van der Waals surface area contributed by atoms with Crippen LogP contribution in [0.2, 0.25) is 0 Å². The van der Waals surface area contributed by atoms with Gasteiger partial charge in [-0.3, -0.25) is 9.59 Å². The van der Waals surface area contributed by atoms with Crippen molar-refractivity contribution < 1.29 is 23.2 Å². The molecule has 3 atom stereocenters. The fourth-order valence-corrected chi connectivity index (χ4v) is 4.85. The molecule has 2 aliphatic rings. The molecule has 0 saturated carbocycles. The van der Waals surface area contributed by atoms with E-state index in [0.717, 1.165) is 0 Å². The Morgan fingerprint density at radius 3 is 2.33 bits per heavy atom. The number of primary amides is 1. The van der Waals surface area contributed by atoms with Crippen LogP contribution in [0.4, 0.5) is 14.5 Å². The third-order valence-corrected chi connectivity index (χ3v) is 6.73. The van der Waals surface area contributed by atoms with Gasteiger partial charge in [0.05, 0.1) is 18.5 Å². The lowest BCUT2D eigenvalue weighted by atomic mass is 10.0. The van der Waals surface area contributed by atoms with Crippen molar-refractivity contribution in [3.8, 4) is 0 Å². The number of anilines is 1. The van der Waals surface area contributed by atoms with Crippen LogP contribution < -0.4 is 21.7 Å². The van der Waals surface area contributed by atoms with Crippen LogP contribution in [0.25, 0.3) is 0 Å². The number of nitrogens with two attached hydrogens (primary N) is 2. The first kappa shape index (κ1) is 28.5. The van der Waals surface area contributed by atoms with Gasteiger partial charge in [-0.25, -0.2) is 8.78 Å². The molecular formula is C27H32F2N8O3. The van der Waals surface area contributed by atoms with E-state index in [1.807, 2.05) is 18.7 Å². The van der Waals surface area contributed by atoms with E-state index in [1.54, 1.807) is 29.2 Å². The molecule has 212 valence electrons. The zero-order valence-corrected chi connectivity index (χ0v) is 22.5. The van der Waals surface area contributed by atoms with Crippen LogP contribution >= 0.6 is 0 Å². The van der Waals surface area contributed by atoms with Crippen molar-refractivity contribution >= 4 is 35.4 Å². The number of piperazine rings is 1. The van der Waals surface area contributed by atoms with Crippen molar-refractivity contribution in [3.63, 3.8) is 0 Å². The maximum atomic E-state index is 15.4. The average Bonchev–Trinajstić information content (AvgIpc) is 3.38. The van der Waals surface area contributed by atoms with E-state index in [1.165, 1.54) is 25.3 Å². The Morgan fingerprint density at radius 1 is 1.12 bits per heavy atom. The number of benzene rings is 2. The third-order valence-electron chi connectivity index (χ3n) is 6.73. The minimum atomic E-state index is -0.705. The van der Waals surface area contributed by atoms with Gasteiger partial charge in [0.2, 0.25) is 17.8 Å². The zero-order chi connectivity index (χ0) is 29.0. The summed E-state index contributed by atoms with van der Waals surface area (Å²) in [5.41, 5.74) is 13.1. The van der Waals surface area contributed by atoms with Gasteiger partial charge in [0.15, 0.2) is 0 Å². The molecule has 11 nitrogen and oxygen atoms in total. The molecule has 0 radical (unpaired) electrons. The van der Waals surface area contributed by atoms with Gasteiger partial charge >= 0.3 is 0 Å². The monoisotopic (exact) mass is 554 g/mol. The molecule has 2 aliphatic heterocycles. The highest BCUT2D eigenvalue weighted by atomic mass is 19.1. The molecule has 2 aromatic carbocycles. The SMILES string of the molecule is CC(=O)NCC1CC(c2cc(F)c(N3C(C)CN(/C(N)=N/N=C\c4ccc(C(N)=O)cc4)CC3C)c(F)c2)=NO1. The van der Waals surface area contributed by atoms with Gasteiger partial charge in [-0.1, -0.05) is 17.3 Å².